The number of nitrogens with one attached hydrogen (secondary N) is 1. The third kappa shape index (κ3) is 2.29. The van der Waals surface area contributed by atoms with E-state index in [0.29, 0.717) is 10.7 Å². The summed E-state index contributed by atoms with van der Waals surface area (Å²) in [5.74, 6) is 0.518. The lowest BCUT2D eigenvalue weighted by Gasteiger charge is -2.62. The maximum atomic E-state index is 12.0. The van der Waals surface area contributed by atoms with Gasteiger partial charge in [0.25, 0.3) is 0 Å². The average Bonchev–Trinajstić information content (AvgIpc) is 2.20. The minimum atomic E-state index is -0.353. The van der Waals surface area contributed by atoms with Crippen LogP contribution in [0.2, 0.25) is 5.15 Å². The highest BCUT2D eigenvalue weighted by Gasteiger charge is 2.56. The van der Waals surface area contributed by atoms with E-state index in [1.165, 1.54) is 25.5 Å². The number of halogens is 1. The van der Waals surface area contributed by atoms with E-state index in [0.717, 1.165) is 11.6 Å². The molecule has 102 valence electrons. The lowest BCUT2D eigenvalue weighted by Crippen LogP contribution is -2.63. The highest BCUT2D eigenvalue weighted by molar-refractivity contribution is 6.29. The molecule has 1 aromatic rings. The van der Waals surface area contributed by atoms with E-state index in [1.807, 2.05) is 13.8 Å². The summed E-state index contributed by atoms with van der Waals surface area (Å²) in [6.07, 6.45) is 4.90. The van der Waals surface area contributed by atoms with Crippen molar-refractivity contribution in [1.82, 2.24) is 4.98 Å². The minimum absolute atomic E-state index is 0.147. The van der Waals surface area contributed by atoms with Gasteiger partial charge in [-0.1, -0.05) is 11.6 Å². The van der Waals surface area contributed by atoms with Crippen LogP contribution in [0.5, 0.6) is 0 Å². The quantitative estimate of drug-likeness (QED) is 0.679. The van der Waals surface area contributed by atoms with E-state index < -0.39 is 0 Å². The molecule has 4 nitrogen and oxygen atoms in total. The summed E-state index contributed by atoms with van der Waals surface area (Å²) >= 11 is 5.93. The van der Waals surface area contributed by atoms with Crippen molar-refractivity contribution in [2.75, 3.05) is 5.32 Å². The van der Waals surface area contributed by atoms with Crippen LogP contribution in [0.3, 0.4) is 0 Å². The fourth-order valence-corrected chi connectivity index (χ4v) is 3.05. The maximum absolute atomic E-state index is 12.0. The van der Waals surface area contributed by atoms with E-state index in [9.17, 15) is 4.79 Å². The van der Waals surface area contributed by atoms with Crippen LogP contribution in [0.1, 0.15) is 43.5 Å². The number of ether oxygens (including phenoxy) is 1. The molecule has 0 spiro atoms. The van der Waals surface area contributed by atoms with Crippen LogP contribution in [-0.2, 0) is 4.74 Å². The van der Waals surface area contributed by atoms with Crippen molar-refractivity contribution in [2.45, 2.75) is 44.8 Å². The number of pyridine rings is 1. The second-order valence-corrected chi connectivity index (χ2v) is 6.28. The van der Waals surface area contributed by atoms with Crippen molar-refractivity contribution in [3.63, 3.8) is 0 Å². The van der Waals surface area contributed by atoms with Crippen molar-refractivity contribution in [3.05, 3.63) is 23.0 Å². The zero-order valence-electron chi connectivity index (χ0n) is 11.1. The van der Waals surface area contributed by atoms with Gasteiger partial charge in [0, 0.05) is 11.7 Å². The normalized spacial score (nSPS) is 27.5. The third-order valence-electron chi connectivity index (χ3n) is 3.87. The molecule has 0 aliphatic heterocycles. The molecule has 0 radical (unpaired) electrons. The van der Waals surface area contributed by atoms with Crippen molar-refractivity contribution in [3.8, 4) is 0 Å². The molecule has 1 aromatic heterocycles. The van der Waals surface area contributed by atoms with Gasteiger partial charge in [0.05, 0.1) is 11.8 Å². The standard InChI is InChI=1S/C14H17ClN2O2/c1-8(2)19-13(18)10-7-16-12(15)3-11(10)17-14-4-9(5-14)6-14/h3,7-9H,4-6H2,1-2H3,(H,16,17). The summed E-state index contributed by atoms with van der Waals surface area (Å²) in [5, 5.41) is 3.84. The Kier molecular flexibility index (Phi) is 2.93. The first kappa shape index (κ1) is 12.7. The smallest absolute Gasteiger partial charge is 0.342 e. The summed E-state index contributed by atoms with van der Waals surface area (Å²) in [6.45, 7) is 3.66. The molecule has 3 aliphatic carbocycles. The summed E-state index contributed by atoms with van der Waals surface area (Å²) in [7, 11) is 0. The van der Waals surface area contributed by atoms with Gasteiger partial charge in [0.2, 0.25) is 0 Å². The molecular formula is C14H17ClN2O2. The first-order valence-corrected chi connectivity index (χ1v) is 7.00. The fraction of sp³-hybridized carbons (Fsp3) is 0.571. The second kappa shape index (κ2) is 4.37. The fourth-order valence-electron chi connectivity index (χ4n) is 2.89. The van der Waals surface area contributed by atoms with Gasteiger partial charge in [0.15, 0.2) is 0 Å². The minimum Gasteiger partial charge on any atom is -0.459 e. The van der Waals surface area contributed by atoms with Gasteiger partial charge in [-0.05, 0) is 45.1 Å². The van der Waals surface area contributed by atoms with E-state index in [4.69, 9.17) is 16.3 Å². The van der Waals surface area contributed by atoms with Gasteiger partial charge >= 0.3 is 5.97 Å². The molecule has 2 bridgehead atoms. The number of hydrogen-bond acceptors (Lipinski definition) is 4. The van der Waals surface area contributed by atoms with Crippen molar-refractivity contribution in [2.24, 2.45) is 5.92 Å². The van der Waals surface area contributed by atoms with Gasteiger partial charge in [-0.15, -0.1) is 0 Å². The van der Waals surface area contributed by atoms with Crippen LogP contribution < -0.4 is 5.32 Å². The summed E-state index contributed by atoms with van der Waals surface area (Å²) < 4.78 is 5.23. The monoisotopic (exact) mass is 280 g/mol. The van der Waals surface area contributed by atoms with Crippen LogP contribution in [0.25, 0.3) is 0 Å². The van der Waals surface area contributed by atoms with Crippen molar-refractivity contribution < 1.29 is 9.53 Å². The topological polar surface area (TPSA) is 51.2 Å². The molecule has 1 heterocycles. The highest BCUT2D eigenvalue weighted by Crippen LogP contribution is 2.58. The molecular weight excluding hydrogens is 264 g/mol. The van der Waals surface area contributed by atoms with Crippen LogP contribution in [0.4, 0.5) is 5.69 Å². The zero-order valence-corrected chi connectivity index (χ0v) is 11.8. The van der Waals surface area contributed by atoms with E-state index in [1.54, 1.807) is 6.07 Å². The molecule has 19 heavy (non-hydrogen) atoms. The molecule has 0 aromatic carbocycles. The lowest BCUT2D eigenvalue weighted by atomic mass is 9.50. The van der Waals surface area contributed by atoms with E-state index >= 15 is 0 Å². The molecule has 5 heteroatoms. The number of rotatable bonds is 4. The number of carbonyl (C=O) groups is 1. The van der Waals surface area contributed by atoms with Crippen LogP contribution in [0, 0.1) is 5.92 Å². The Labute approximate surface area is 117 Å². The molecule has 4 rings (SSSR count). The molecule has 0 amide bonds. The average molecular weight is 281 g/mol. The van der Waals surface area contributed by atoms with Gasteiger partial charge in [-0.25, -0.2) is 9.78 Å². The van der Waals surface area contributed by atoms with Crippen molar-refractivity contribution in [1.29, 1.82) is 0 Å². The van der Waals surface area contributed by atoms with E-state index in [-0.39, 0.29) is 17.6 Å². The Morgan fingerprint density at radius 1 is 1.53 bits per heavy atom. The predicted octanol–water partition coefficient (Wildman–Crippen LogP) is 3.26. The molecule has 3 aliphatic rings. The summed E-state index contributed by atoms with van der Waals surface area (Å²) in [6, 6.07) is 1.71. The highest BCUT2D eigenvalue weighted by atomic mass is 35.5. The zero-order chi connectivity index (χ0) is 13.6. The van der Waals surface area contributed by atoms with Crippen LogP contribution in [-0.4, -0.2) is 22.6 Å². The van der Waals surface area contributed by atoms with Crippen LogP contribution in [0.15, 0.2) is 12.3 Å². The molecule has 3 saturated carbocycles. The Bertz CT molecular complexity index is 513. The number of nitrogens with zero attached hydrogens (tertiary/aromatic N) is 1. The summed E-state index contributed by atoms with van der Waals surface area (Å²) in [5.41, 5.74) is 1.38. The largest absolute Gasteiger partial charge is 0.459 e. The number of hydrogen-bond donors (Lipinski definition) is 1. The van der Waals surface area contributed by atoms with Gasteiger partial charge in [-0.3, -0.25) is 0 Å². The number of aromatic nitrogens is 1. The molecule has 0 atom stereocenters. The predicted molar refractivity (Wildman–Crippen MR) is 73.5 cm³/mol. The molecule has 3 fully saturated rings. The van der Waals surface area contributed by atoms with Crippen molar-refractivity contribution >= 4 is 23.3 Å². The second-order valence-electron chi connectivity index (χ2n) is 5.89. The molecule has 0 saturated heterocycles. The van der Waals surface area contributed by atoms with Gasteiger partial charge < -0.3 is 10.1 Å². The Hall–Kier alpha value is -1.29. The molecule has 1 N–H and O–H groups in total. The first-order valence-electron chi connectivity index (χ1n) is 6.62. The maximum Gasteiger partial charge on any atom is 0.342 e. The van der Waals surface area contributed by atoms with Gasteiger partial charge in [0.1, 0.15) is 10.7 Å². The first-order chi connectivity index (χ1) is 8.97. The summed E-state index contributed by atoms with van der Waals surface area (Å²) in [4.78, 5) is 16.0. The SMILES string of the molecule is CC(C)OC(=O)c1cnc(Cl)cc1NC12CC(C1)C2. The lowest BCUT2D eigenvalue weighted by molar-refractivity contribution is 0.00197. The number of esters is 1. The Morgan fingerprint density at radius 3 is 2.74 bits per heavy atom. The number of carbonyl (C=O) groups excluding carboxylic acids is 1. The molecule has 0 unspecified atom stereocenters. The Balaban J connectivity index is 1.83. The van der Waals surface area contributed by atoms with Crippen LogP contribution >= 0.6 is 11.6 Å². The Morgan fingerprint density at radius 2 is 2.21 bits per heavy atom. The number of anilines is 1. The van der Waals surface area contributed by atoms with E-state index in [2.05, 4.69) is 10.3 Å². The van der Waals surface area contributed by atoms with Gasteiger partial charge in [-0.2, -0.15) is 0 Å². The third-order valence-corrected chi connectivity index (χ3v) is 4.08.